The van der Waals surface area contributed by atoms with Crippen LogP contribution in [0, 0.1) is 11.8 Å². The van der Waals surface area contributed by atoms with Gasteiger partial charge in [-0.1, -0.05) is 0 Å². The van der Waals surface area contributed by atoms with Gasteiger partial charge in [-0.3, -0.25) is 0 Å². The summed E-state index contributed by atoms with van der Waals surface area (Å²) in [6.07, 6.45) is 5.24. The molecule has 3 N–H and O–H groups in total. The van der Waals surface area contributed by atoms with Crippen LogP contribution in [0.2, 0.25) is 0 Å². The second-order valence-corrected chi connectivity index (χ2v) is 5.39. The zero-order chi connectivity index (χ0) is 12.7. The maximum absolute atomic E-state index is 10.8. The molecular formula is C14H17NO3. The van der Waals surface area contributed by atoms with Gasteiger partial charge < -0.3 is 15.6 Å². The molecule has 3 unspecified atom stereocenters. The molecule has 0 spiro atoms. The maximum Gasteiger partial charge on any atom is 0.335 e. The SMILES string of the molecule is Nc1cc(C(=O)O)ccc1OC1CC2CCC1C2. The molecule has 1 aromatic rings. The summed E-state index contributed by atoms with van der Waals surface area (Å²) in [5, 5.41) is 8.87. The van der Waals surface area contributed by atoms with Gasteiger partial charge in [0, 0.05) is 0 Å². The molecule has 0 aromatic heterocycles. The molecule has 2 saturated carbocycles. The summed E-state index contributed by atoms with van der Waals surface area (Å²) < 4.78 is 5.96. The average Bonchev–Trinajstić information content (AvgIpc) is 2.93. The zero-order valence-corrected chi connectivity index (χ0v) is 10.1. The van der Waals surface area contributed by atoms with Crippen molar-refractivity contribution in [1.82, 2.24) is 0 Å². The molecular weight excluding hydrogens is 230 g/mol. The molecule has 2 fully saturated rings. The van der Waals surface area contributed by atoms with E-state index in [1.165, 1.54) is 25.3 Å². The molecule has 18 heavy (non-hydrogen) atoms. The number of carboxylic acids is 1. The van der Waals surface area contributed by atoms with E-state index in [9.17, 15) is 4.79 Å². The summed E-state index contributed by atoms with van der Waals surface area (Å²) in [4.78, 5) is 10.8. The van der Waals surface area contributed by atoms with Crippen LogP contribution in [0.15, 0.2) is 18.2 Å². The number of hydrogen-bond donors (Lipinski definition) is 2. The molecule has 0 radical (unpaired) electrons. The topological polar surface area (TPSA) is 72.6 Å². The molecule has 4 nitrogen and oxygen atoms in total. The molecule has 96 valence electrons. The first-order valence-electron chi connectivity index (χ1n) is 6.43. The third-order valence-electron chi connectivity index (χ3n) is 4.21. The van der Waals surface area contributed by atoms with Gasteiger partial charge >= 0.3 is 5.97 Å². The van der Waals surface area contributed by atoms with E-state index in [0.29, 0.717) is 17.4 Å². The summed E-state index contributed by atoms with van der Waals surface area (Å²) in [6.45, 7) is 0. The van der Waals surface area contributed by atoms with Crippen molar-refractivity contribution in [2.45, 2.75) is 31.8 Å². The molecule has 0 amide bonds. The molecule has 2 aliphatic carbocycles. The van der Waals surface area contributed by atoms with E-state index in [2.05, 4.69) is 0 Å². The van der Waals surface area contributed by atoms with Gasteiger partial charge in [0.2, 0.25) is 0 Å². The maximum atomic E-state index is 10.8. The number of hydrogen-bond acceptors (Lipinski definition) is 3. The zero-order valence-electron chi connectivity index (χ0n) is 10.1. The summed E-state index contributed by atoms with van der Waals surface area (Å²) in [6, 6.07) is 4.68. The Morgan fingerprint density at radius 3 is 2.72 bits per heavy atom. The highest BCUT2D eigenvalue weighted by Gasteiger charge is 2.41. The quantitative estimate of drug-likeness (QED) is 0.805. The van der Waals surface area contributed by atoms with Crippen LogP contribution >= 0.6 is 0 Å². The number of carbonyl (C=O) groups is 1. The van der Waals surface area contributed by atoms with Crippen molar-refractivity contribution in [2.24, 2.45) is 11.8 Å². The van der Waals surface area contributed by atoms with Gasteiger partial charge in [0.1, 0.15) is 11.9 Å². The summed E-state index contributed by atoms with van der Waals surface area (Å²) >= 11 is 0. The minimum atomic E-state index is -0.965. The summed E-state index contributed by atoms with van der Waals surface area (Å²) in [5.74, 6) is 1.14. The van der Waals surface area contributed by atoms with Crippen LogP contribution in [0.5, 0.6) is 5.75 Å². The lowest BCUT2D eigenvalue weighted by Crippen LogP contribution is -2.23. The van der Waals surface area contributed by atoms with Crippen LogP contribution in [-0.4, -0.2) is 17.2 Å². The fourth-order valence-electron chi connectivity index (χ4n) is 3.28. The van der Waals surface area contributed by atoms with Crippen LogP contribution in [0.4, 0.5) is 5.69 Å². The molecule has 0 aliphatic heterocycles. The molecule has 3 atom stereocenters. The fraction of sp³-hybridized carbons (Fsp3) is 0.500. The number of ether oxygens (including phenoxy) is 1. The second-order valence-electron chi connectivity index (χ2n) is 5.39. The number of anilines is 1. The van der Waals surface area contributed by atoms with E-state index in [1.807, 2.05) is 0 Å². The first kappa shape index (κ1) is 11.4. The average molecular weight is 247 g/mol. The lowest BCUT2D eigenvalue weighted by Gasteiger charge is -2.23. The van der Waals surface area contributed by atoms with E-state index in [1.54, 1.807) is 12.1 Å². The fourth-order valence-corrected chi connectivity index (χ4v) is 3.28. The van der Waals surface area contributed by atoms with Crippen LogP contribution in [0.25, 0.3) is 0 Å². The lowest BCUT2D eigenvalue weighted by atomic mass is 9.97. The minimum absolute atomic E-state index is 0.202. The predicted molar refractivity (Wildman–Crippen MR) is 67.7 cm³/mol. The second kappa shape index (κ2) is 4.19. The van der Waals surface area contributed by atoms with Crippen molar-refractivity contribution in [3.05, 3.63) is 23.8 Å². The summed E-state index contributed by atoms with van der Waals surface area (Å²) in [7, 11) is 0. The normalized spacial score (nSPS) is 29.4. The lowest BCUT2D eigenvalue weighted by molar-refractivity contribution is 0.0697. The molecule has 3 rings (SSSR count). The third-order valence-corrected chi connectivity index (χ3v) is 4.21. The van der Waals surface area contributed by atoms with Crippen LogP contribution in [0.3, 0.4) is 0 Å². The van der Waals surface area contributed by atoms with Gasteiger partial charge in [0.05, 0.1) is 11.3 Å². The van der Waals surface area contributed by atoms with Gasteiger partial charge in [-0.2, -0.15) is 0 Å². The summed E-state index contributed by atoms with van der Waals surface area (Å²) in [5.41, 5.74) is 6.46. The largest absolute Gasteiger partial charge is 0.488 e. The van der Waals surface area contributed by atoms with E-state index in [4.69, 9.17) is 15.6 Å². The number of fused-ring (bicyclic) bond motifs is 2. The van der Waals surface area contributed by atoms with Crippen molar-refractivity contribution in [3.63, 3.8) is 0 Å². The molecule has 0 heterocycles. The predicted octanol–water partition coefficient (Wildman–Crippen LogP) is 2.53. The van der Waals surface area contributed by atoms with Crippen molar-refractivity contribution in [3.8, 4) is 5.75 Å². The number of rotatable bonds is 3. The third kappa shape index (κ3) is 1.92. The van der Waals surface area contributed by atoms with Crippen molar-refractivity contribution in [2.75, 3.05) is 5.73 Å². The van der Waals surface area contributed by atoms with Crippen molar-refractivity contribution < 1.29 is 14.6 Å². The first-order valence-corrected chi connectivity index (χ1v) is 6.43. The Morgan fingerprint density at radius 2 is 2.17 bits per heavy atom. The number of carboxylic acid groups (broad SMARTS) is 1. The molecule has 4 heteroatoms. The number of nitrogen functional groups attached to an aromatic ring is 1. The monoisotopic (exact) mass is 247 g/mol. The van der Waals surface area contributed by atoms with Gasteiger partial charge in [-0.15, -0.1) is 0 Å². The van der Waals surface area contributed by atoms with Crippen LogP contribution in [0.1, 0.15) is 36.0 Å². The Bertz CT molecular complexity index is 486. The van der Waals surface area contributed by atoms with Gasteiger partial charge in [-0.25, -0.2) is 4.79 Å². The first-order chi connectivity index (χ1) is 8.63. The Labute approximate surface area is 106 Å². The highest BCUT2D eigenvalue weighted by Crippen LogP contribution is 2.46. The van der Waals surface area contributed by atoms with Gasteiger partial charge in [0.15, 0.2) is 0 Å². The van der Waals surface area contributed by atoms with E-state index in [0.717, 1.165) is 12.3 Å². The minimum Gasteiger partial charge on any atom is -0.488 e. The highest BCUT2D eigenvalue weighted by molar-refractivity contribution is 5.89. The highest BCUT2D eigenvalue weighted by atomic mass is 16.5. The number of aromatic carboxylic acids is 1. The Morgan fingerprint density at radius 1 is 1.33 bits per heavy atom. The van der Waals surface area contributed by atoms with Gasteiger partial charge in [-0.05, 0) is 55.7 Å². The van der Waals surface area contributed by atoms with Crippen LogP contribution < -0.4 is 10.5 Å². The van der Waals surface area contributed by atoms with E-state index in [-0.39, 0.29) is 11.7 Å². The molecule has 2 aliphatic rings. The van der Waals surface area contributed by atoms with E-state index >= 15 is 0 Å². The van der Waals surface area contributed by atoms with Crippen molar-refractivity contribution in [1.29, 1.82) is 0 Å². The number of benzene rings is 1. The Kier molecular flexibility index (Phi) is 2.65. The van der Waals surface area contributed by atoms with Gasteiger partial charge in [0.25, 0.3) is 0 Å². The molecule has 2 bridgehead atoms. The smallest absolute Gasteiger partial charge is 0.335 e. The number of nitrogens with two attached hydrogens (primary N) is 1. The Hall–Kier alpha value is -1.71. The van der Waals surface area contributed by atoms with Crippen molar-refractivity contribution >= 4 is 11.7 Å². The molecule has 1 aromatic carbocycles. The molecule has 0 saturated heterocycles. The van der Waals surface area contributed by atoms with E-state index < -0.39 is 5.97 Å². The Balaban J connectivity index is 1.75. The standard InChI is InChI=1S/C14H17NO3/c15-11-7-10(14(16)17)3-4-12(11)18-13-6-8-1-2-9(13)5-8/h3-4,7-9,13H,1-2,5-6,15H2,(H,16,17). The van der Waals surface area contributed by atoms with Crippen LogP contribution in [-0.2, 0) is 0 Å².